The summed E-state index contributed by atoms with van der Waals surface area (Å²) >= 11 is 0. The van der Waals surface area contributed by atoms with Gasteiger partial charge in [0, 0.05) is 13.7 Å². The Labute approximate surface area is 116 Å². The molecule has 0 aliphatic rings. The molecule has 0 amide bonds. The zero-order valence-electron chi connectivity index (χ0n) is 13.0. The van der Waals surface area contributed by atoms with Gasteiger partial charge in [0.1, 0.15) is 0 Å². The van der Waals surface area contributed by atoms with Gasteiger partial charge in [-0.2, -0.15) is 5.10 Å². The second kappa shape index (κ2) is 6.91. The molecule has 0 saturated heterocycles. The first kappa shape index (κ1) is 16.0. The maximum atomic E-state index is 5.55. The van der Waals surface area contributed by atoms with Crippen molar-refractivity contribution < 1.29 is 9.47 Å². The van der Waals surface area contributed by atoms with Gasteiger partial charge in [0.15, 0.2) is 5.75 Å². The fourth-order valence-electron chi connectivity index (χ4n) is 2.23. The van der Waals surface area contributed by atoms with Crippen LogP contribution in [0.3, 0.4) is 0 Å². The van der Waals surface area contributed by atoms with E-state index >= 15 is 0 Å². The second-order valence-corrected chi connectivity index (χ2v) is 5.19. The predicted molar refractivity (Wildman–Crippen MR) is 76.6 cm³/mol. The number of hydrogen-bond donors (Lipinski definition) is 1. The Hall–Kier alpha value is -1.07. The summed E-state index contributed by atoms with van der Waals surface area (Å²) < 4.78 is 13.0. The average molecular weight is 269 g/mol. The van der Waals surface area contributed by atoms with Crippen molar-refractivity contribution in [3.63, 3.8) is 0 Å². The standard InChI is InChI=1S/C14H27N3O2/c1-7-15-11(9-14(3,4)19-6)13-12(18-5)10-16-17(13)8-2/h10-11,15H,7-9H2,1-6H3. The van der Waals surface area contributed by atoms with Crippen LogP contribution in [0.4, 0.5) is 0 Å². The van der Waals surface area contributed by atoms with E-state index in [1.54, 1.807) is 20.4 Å². The molecular weight excluding hydrogens is 242 g/mol. The maximum absolute atomic E-state index is 5.55. The van der Waals surface area contributed by atoms with Gasteiger partial charge in [-0.1, -0.05) is 6.92 Å². The Morgan fingerprint density at radius 2 is 2.05 bits per heavy atom. The molecule has 19 heavy (non-hydrogen) atoms. The minimum atomic E-state index is -0.194. The van der Waals surface area contributed by atoms with Gasteiger partial charge in [-0.05, 0) is 33.7 Å². The molecule has 0 aliphatic heterocycles. The molecule has 0 saturated carbocycles. The van der Waals surface area contributed by atoms with Crippen molar-refractivity contribution in [3.8, 4) is 5.75 Å². The van der Waals surface area contributed by atoms with Gasteiger partial charge >= 0.3 is 0 Å². The van der Waals surface area contributed by atoms with Gasteiger partial charge in [-0.15, -0.1) is 0 Å². The summed E-state index contributed by atoms with van der Waals surface area (Å²) in [5.41, 5.74) is 0.901. The molecule has 1 N–H and O–H groups in total. The Morgan fingerprint density at radius 3 is 2.53 bits per heavy atom. The summed E-state index contributed by atoms with van der Waals surface area (Å²) in [4.78, 5) is 0. The van der Waals surface area contributed by atoms with Crippen molar-refractivity contribution in [1.29, 1.82) is 0 Å². The number of nitrogens with one attached hydrogen (secondary N) is 1. The lowest BCUT2D eigenvalue weighted by Gasteiger charge is -2.29. The zero-order valence-corrected chi connectivity index (χ0v) is 13.0. The molecule has 5 nitrogen and oxygen atoms in total. The molecule has 1 unspecified atom stereocenters. The normalized spacial score (nSPS) is 13.6. The molecular formula is C14H27N3O2. The van der Waals surface area contributed by atoms with Crippen LogP contribution < -0.4 is 10.1 Å². The van der Waals surface area contributed by atoms with Crippen LogP contribution in [0.5, 0.6) is 5.75 Å². The molecule has 0 bridgehead atoms. The van der Waals surface area contributed by atoms with E-state index in [-0.39, 0.29) is 11.6 Å². The summed E-state index contributed by atoms with van der Waals surface area (Å²) in [5, 5.41) is 7.88. The Balaban J connectivity index is 3.07. The zero-order chi connectivity index (χ0) is 14.5. The number of rotatable bonds is 8. The van der Waals surface area contributed by atoms with E-state index in [2.05, 4.69) is 38.1 Å². The fraction of sp³-hybridized carbons (Fsp3) is 0.786. The molecule has 1 rings (SSSR count). The summed E-state index contributed by atoms with van der Waals surface area (Å²) in [5.74, 6) is 0.833. The van der Waals surface area contributed by atoms with E-state index in [0.29, 0.717) is 0 Å². The van der Waals surface area contributed by atoms with Crippen molar-refractivity contribution in [2.24, 2.45) is 0 Å². The molecule has 1 aromatic heterocycles. The first-order valence-electron chi connectivity index (χ1n) is 6.87. The summed E-state index contributed by atoms with van der Waals surface area (Å²) in [6.07, 6.45) is 2.64. The van der Waals surface area contributed by atoms with Crippen molar-refractivity contribution in [2.75, 3.05) is 20.8 Å². The lowest BCUT2D eigenvalue weighted by molar-refractivity contribution is 0.00609. The third-order valence-corrected chi connectivity index (χ3v) is 3.39. The van der Waals surface area contributed by atoms with E-state index in [0.717, 1.165) is 31.0 Å². The number of aromatic nitrogens is 2. The van der Waals surface area contributed by atoms with Crippen LogP contribution >= 0.6 is 0 Å². The third-order valence-electron chi connectivity index (χ3n) is 3.39. The van der Waals surface area contributed by atoms with Crippen LogP contribution in [0.1, 0.15) is 45.9 Å². The topological polar surface area (TPSA) is 48.3 Å². The van der Waals surface area contributed by atoms with Crippen molar-refractivity contribution in [1.82, 2.24) is 15.1 Å². The van der Waals surface area contributed by atoms with E-state index in [9.17, 15) is 0 Å². The van der Waals surface area contributed by atoms with E-state index < -0.39 is 0 Å². The van der Waals surface area contributed by atoms with Gasteiger partial charge in [0.05, 0.1) is 30.6 Å². The van der Waals surface area contributed by atoms with Crippen molar-refractivity contribution in [3.05, 3.63) is 11.9 Å². The minimum absolute atomic E-state index is 0.164. The van der Waals surface area contributed by atoms with Crippen molar-refractivity contribution in [2.45, 2.75) is 52.3 Å². The highest BCUT2D eigenvalue weighted by atomic mass is 16.5. The number of hydrogen-bond acceptors (Lipinski definition) is 4. The first-order chi connectivity index (χ1) is 8.99. The second-order valence-electron chi connectivity index (χ2n) is 5.19. The van der Waals surface area contributed by atoms with Gasteiger partial charge in [0.25, 0.3) is 0 Å². The lowest BCUT2D eigenvalue weighted by atomic mass is 9.96. The van der Waals surface area contributed by atoms with Crippen LogP contribution in [0.15, 0.2) is 6.20 Å². The summed E-state index contributed by atoms with van der Waals surface area (Å²) in [6, 6.07) is 0.164. The third kappa shape index (κ3) is 3.94. The molecule has 0 spiro atoms. The van der Waals surface area contributed by atoms with Gasteiger partial charge in [-0.25, -0.2) is 0 Å². The quantitative estimate of drug-likeness (QED) is 0.787. The fourth-order valence-corrected chi connectivity index (χ4v) is 2.23. The van der Waals surface area contributed by atoms with E-state index in [4.69, 9.17) is 9.47 Å². The number of nitrogens with zero attached hydrogens (tertiary/aromatic N) is 2. The molecule has 0 aromatic carbocycles. The smallest absolute Gasteiger partial charge is 0.161 e. The monoisotopic (exact) mass is 269 g/mol. The Morgan fingerprint density at radius 1 is 1.37 bits per heavy atom. The van der Waals surface area contributed by atoms with Crippen LogP contribution in [0.2, 0.25) is 0 Å². The Bertz CT molecular complexity index is 367. The molecule has 110 valence electrons. The highest BCUT2D eigenvalue weighted by Crippen LogP contribution is 2.31. The predicted octanol–water partition coefficient (Wildman–Crippen LogP) is 2.38. The van der Waals surface area contributed by atoms with Crippen LogP contribution in [0, 0.1) is 0 Å². The molecule has 0 radical (unpaired) electrons. The SMILES string of the molecule is CCNC(CC(C)(C)OC)c1c(OC)cnn1CC. The summed E-state index contributed by atoms with van der Waals surface area (Å²) in [6.45, 7) is 10.1. The molecule has 5 heteroatoms. The largest absolute Gasteiger partial charge is 0.493 e. The molecule has 0 fully saturated rings. The van der Waals surface area contributed by atoms with E-state index in [1.165, 1.54) is 0 Å². The first-order valence-corrected chi connectivity index (χ1v) is 6.87. The highest BCUT2D eigenvalue weighted by molar-refractivity contribution is 5.28. The number of methoxy groups -OCH3 is 2. The maximum Gasteiger partial charge on any atom is 0.161 e. The van der Waals surface area contributed by atoms with Gasteiger partial charge in [-0.3, -0.25) is 4.68 Å². The van der Waals surface area contributed by atoms with Crippen LogP contribution in [0.25, 0.3) is 0 Å². The minimum Gasteiger partial charge on any atom is -0.493 e. The molecule has 0 aliphatic carbocycles. The van der Waals surface area contributed by atoms with Crippen LogP contribution in [-0.2, 0) is 11.3 Å². The van der Waals surface area contributed by atoms with Gasteiger partial charge < -0.3 is 14.8 Å². The van der Waals surface area contributed by atoms with Gasteiger partial charge in [0.2, 0.25) is 0 Å². The molecule has 1 aromatic rings. The summed E-state index contributed by atoms with van der Waals surface area (Å²) in [7, 11) is 3.43. The highest BCUT2D eigenvalue weighted by Gasteiger charge is 2.28. The van der Waals surface area contributed by atoms with Crippen molar-refractivity contribution >= 4 is 0 Å². The van der Waals surface area contributed by atoms with Crippen LogP contribution in [-0.4, -0.2) is 36.1 Å². The Kier molecular flexibility index (Phi) is 5.82. The lowest BCUT2D eigenvalue weighted by Crippen LogP contribution is -2.33. The van der Waals surface area contributed by atoms with E-state index in [1.807, 2.05) is 4.68 Å². The number of ether oxygens (including phenoxy) is 2. The molecule has 1 atom stereocenters. The molecule has 1 heterocycles. The average Bonchev–Trinajstić information content (AvgIpc) is 2.80. The number of aryl methyl sites for hydroxylation is 1.